The summed E-state index contributed by atoms with van der Waals surface area (Å²) in [6.45, 7) is 5.15. The van der Waals surface area contributed by atoms with Crippen molar-refractivity contribution in [3.8, 4) is 0 Å². The van der Waals surface area contributed by atoms with Gasteiger partial charge >= 0.3 is 5.97 Å². The number of amides is 1. The summed E-state index contributed by atoms with van der Waals surface area (Å²) in [5.41, 5.74) is 1.45. The van der Waals surface area contributed by atoms with Crippen LogP contribution in [0.3, 0.4) is 0 Å². The Morgan fingerprint density at radius 2 is 1.78 bits per heavy atom. The molecule has 0 aliphatic carbocycles. The monoisotopic (exact) mass is 332 g/mol. The fourth-order valence-corrected chi connectivity index (χ4v) is 2.72. The van der Waals surface area contributed by atoms with Crippen molar-refractivity contribution < 1.29 is 19.1 Å². The van der Waals surface area contributed by atoms with Gasteiger partial charge in [-0.3, -0.25) is 14.9 Å². The van der Waals surface area contributed by atoms with E-state index in [0.29, 0.717) is 26.8 Å². The Morgan fingerprint density at radius 3 is 2.35 bits per heavy atom. The number of ketones is 1. The average Bonchev–Trinajstić information content (AvgIpc) is 2.88. The molecule has 1 aromatic carbocycles. The number of hydrogen-bond donors (Lipinski definition) is 1. The van der Waals surface area contributed by atoms with Crippen molar-refractivity contribution in [1.82, 2.24) is 4.98 Å². The molecule has 7 heteroatoms. The van der Waals surface area contributed by atoms with Gasteiger partial charge in [-0.2, -0.15) is 0 Å². The largest absolute Gasteiger partial charge is 0.462 e. The van der Waals surface area contributed by atoms with Crippen molar-refractivity contribution in [1.29, 1.82) is 0 Å². The summed E-state index contributed by atoms with van der Waals surface area (Å²) >= 11 is 1.07. The maximum Gasteiger partial charge on any atom is 0.350 e. The second kappa shape index (κ2) is 7.15. The third kappa shape index (κ3) is 4.01. The molecule has 2 rings (SSSR count). The van der Waals surface area contributed by atoms with E-state index in [0.717, 1.165) is 11.3 Å². The van der Waals surface area contributed by atoms with E-state index in [4.69, 9.17) is 4.74 Å². The zero-order chi connectivity index (χ0) is 17.0. The van der Waals surface area contributed by atoms with Gasteiger partial charge in [-0.25, -0.2) is 9.78 Å². The number of carbonyl (C=O) groups is 3. The van der Waals surface area contributed by atoms with E-state index >= 15 is 0 Å². The van der Waals surface area contributed by atoms with Gasteiger partial charge in [-0.1, -0.05) is 23.5 Å². The molecule has 1 aromatic heterocycles. The number of rotatable bonds is 5. The molecular formula is C16H16N2O4S. The van der Waals surface area contributed by atoms with E-state index < -0.39 is 5.97 Å². The zero-order valence-electron chi connectivity index (χ0n) is 13.0. The number of benzene rings is 1. The quantitative estimate of drug-likeness (QED) is 0.672. The van der Waals surface area contributed by atoms with E-state index in [-0.39, 0.29) is 18.3 Å². The fraction of sp³-hybridized carbons (Fsp3) is 0.250. The Kier molecular flexibility index (Phi) is 5.23. The lowest BCUT2D eigenvalue weighted by atomic mass is 10.1. The highest BCUT2D eigenvalue weighted by Gasteiger charge is 2.18. The molecule has 0 spiro atoms. The molecule has 0 saturated carbocycles. The molecule has 120 valence electrons. The van der Waals surface area contributed by atoms with Gasteiger partial charge in [0.1, 0.15) is 4.88 Å². The van der Waals surface area contributed by atoms with Crippen LogP contribution in [0, 0.1) is 6.92 Å². The summed E-state index contributed by atoms with van der Waals surface area (Å²) in [5, 5.41) is 2.97. The van der Waals surface area contributed by atoms with Crippen molar-refractivity contribution in [2.45, 2.75) is 20.8 Å². The Morgan fingerprint density at radius 1 is 1.17 bits per heavy atom. The smallest absolute Gasteiger partial charge is 0.350 e. The summed E-state index contributed by atoms with van der Waals surface area (Å²) in [4.78, 5) is 39.7. The van der Waals surface area contributed by atoms with Crippen molar-refractivity contribution in [3.63, 3.8) is 0 Å². The first-order chi connectivity index (χ1) is 10.9. The number of carbonyl (C=O) groups excluding carboxylic acids is 3. The zero-order valence-corrected chi connectivity index (χ0v) is 13.8. The van der Waals surface area contributed by atoms with Gasteiger partial charge in [0.05, 0.1) is 12.3 Å². The van der Waals surface area contributed by atoms with Crippen molar-refractivity contribution in [3.05, 3.63) is 46.0 Å². The lowest BCUT2D eigenvalue weighted by Gasteiger charge is -2.02. The van der Waals surface area contributed by atoms with Gasteiger partial charge in [0, 0.05) is 11.1 Å². The van der Waals surface area contributed by atoms with Crippen molar-refractivity contribution >= 4 is 34.1 Å². The Hall–Kier alpha value is -2.54. The highest BCUT2D eigenvalue weighted by Crippen LogP contribution is 2.24. The maximum atomic E-state index is 12.2. The number of nitrogens with one attached hydrogen (secondary N) is 1. The van der Waals surface area contributed by atoms with Crippen LogP contribution >= 0.6 is 11.3 Å². The lowest BCUT2D eigenvalue weighted by molar-refractivity contribution is 0.0530. The standard InChI is InChI=1S/C16H16N2O4S/c1-4-22-15(21)13-9(2)17-16(23-13)18-14(20)12-7-5-11(6-8-12)10(3)19/h5-8H,4H2,1-3H3,(H,17,18,20). The van der Waals surface area contributed by atoms with E-state index in [1.165, 1.54) is 6.92 Å². The minimum atomic E-state index is -0.450. The molecule has 1 heterocycles. The lowest BCUT2D eigenvalue weighted by Crippen LogP contribution is -2.11. The Labute approximate surface area is 137 Å². The van der Waals surface area contributed by atoms with Crippen LogP contribution in [-0.2, 0) is 4.74 Å². The van der Waals surface area contributed by atoms with Crippen LogP contribution in [0.5, 0.6) is 0 Å². The van der Waals surface area contributed by atoms with Crippen molar-refractivity contribution in [2.75, 3.05) is 11.9 Å². The minimum Gasteiger partial charge on any atom is -0.462 e. The molecule has 0 aliphatic heterocycles. The second-order valence-electron chi connectivity index (χ2n) is 4.74. The Bertz CT molecular complexity index is 750. The normalized spacial score (nSPS) is 10.2. The first kappa shape index (κ1) is 16.8. The summed E-state index contributed by atoms with van der Waals surface area (Å²) in [7, 11) is 0. The predicted octanol–water partition coefficient (Wildman–Crippen LogP) is 3.08. The number of anilines is 1. The van der Waals surface area contributed by atoms with Crippen LogP contribution < -0.4 is 5.32 Å². The first-order valence-electron chi connectivity index (χ1n) is 6.99. The van der Waals surface area contributed by atoms with Crippen molar-refractivity contribution in [2.24, 2.45) is 0 Å². The number of ether oxygens (including phenoxy) is 1. The number of hydrogen-bond acceptors (Lipinski definition) is 6. The van der Waals surface area contributed by atoms with Crippen LogP contribution in [0.1, 0.15) is 49.9 Å². The molecule has 2 aromatic rings. The number of aromatic nitrogens is 1. The molecule has 23 heavy (non-hydrogen) atoms. The van der Waals surface area contributed by atoms with Crippen LogP contribution in [-0.4, -0.2) is 29.3 Å². The molecule has 6 nitrogen and oxygen atoms in total. The van der Waals surface area contributed by atoms with E-state index in [9.17, 15) is 14.4 Å². The minimum absolute atomic E-state index is 0.0633. The molecule has 0 fully saturated rings. The summed E-state index contributed by atoms with van der Waals surface area (Å²) in [6.07, 6.45) is 0. The highest BCUT2D eigenvalue weighted by atomic mass is 32.1. The van der Waals surface area contributed by atoms with Gasteiger partial charge in [0.2, 0.25) is 0 Å². The summed E-state index contributed by atoms with van der Waals surface area (Å²) < 4.78 is 4.93. The maximum absolute atomic E-state index is 12.2. The molecule has 0 atom stereocenters. The second-order valence-corrected chi connectivity index (χ2v) is 5.74. The molecule has 0 radical (unpaired) electrons. The molecule has 0 aliphatic rings. The summed E-state index contributed by atoms with van der Waals surface area (Å²) in [6, 6.07) is 6.32. The number of esters is 1. The van der Waals surface area contributed by atoms with Gasteiger partial charge in [-0.15, -0.1) is 0 Å². The molecule has 0 saturated heterocycles. The van der Waals surface area contributed by atoms with Crippen LogP contribution in [0.25, 0.3) is 0 Å². The fourth-order valence-electron chi connectivity index (χ4n) is 1.86. The summed E-state index contributed by atoms with van der Waals surface area (Å²) in [5.74, 6) is -0.871. The topological polar surface area (TPSA) is 85.4 Å². The molecule has 1 amide bonds. The Balaban J connectivity index is 2.12. The van der Waals surface area contributed by atoms with Gasteiger partial charge in [-0.05, 0) is 32.9 Å². The third-order valence-corrected chi connectivity index (χ3v) is 4.08. The van der Waals surface area contributed by atoms with Gasteiger partial charge in [0.25, 0.3) is 5.91 Å². The highest BCUT2D eigenvalue weighted by molar-refractivity contribution is 7.17. The molecular weight excluding hydrogens is 316 g/mol. The number of Topliss-reactive ketones (excluding diaryl/α,β-unsaturated/α-hetero) is 1. The molecule has 1 N–H and O–H groups in total. The number of nitrogens with zero attached hydrogens (tertiary/aromatic N) is 1. The van der Waals surface area contributed by atoms with Crippen LogP contribution in [0.2, 0.25) is 0 Å². The number of thiazole rings is 1. The van der Waals surface area contributed by atoms with Gasteiger partial charge in [0.15, 0.2) is 10.9 Å². The first-order valence-corrected chi connectivity index (χ1v) is 7.81. The van der Waals surface area contributed by atoms with Crippen LogP contribution in [0.4, 0.5) is 5.13 Å². The van der Waals surface area contributed by atoms with E-state index in [1.54, 1.807) is 38.1 Å². The van der Waals surface area contributed by atoms with E-state index in [1.807, 2.05) is 0 Å². The van der Waals surface area contributed by atoms with E-state index in [2.05, 4.69) is 10.3 Å². The predicted molar refractivity (Wildman–Crippen MR) is 87.2 cm³/mol. The average molecular weight is 332 g/mol. The molecule has 0 unspecified atom stereocenters. The van der Waals surface area contributed by atoms with Crippen LogP contribution in [0.15, 0.2) is 24.3 Å². The number of aryl methyl sites for hydroxylation is 1. The SMILES string of the molecule is CCOC(=O)c1sc(NC(=O)c2ccc(C(C)=O)cc2)nc1C. The third-order valence-electron chi connectivity index (χ3n) is 3.03. The van der Waals surface area contributed by atoms with Gasteiger partial charge < -0.3 is 4.74 Å². The molecule has 0 bridgehead atoms.